The number of hydrogen-bond acceptors (Lipinski definition) is 6. The van der Waals surface area contributed by atoms with E-state index in [9.17, 15) is 19.7 Å². The Morgan fingerprint density at radius 2 is 1.93 bits per heavy atom. The Labute approximate surface area is 168 Å². The summed E-state index contributed by atoms with van der Waals surface area (Å²) >= 11 is 0. The van der Waals surface area contributed by atoms with Crippen LogP contribution in [0.2, 0.25) is 0 Å². The first-order valence-electron chi connectivity index (χ1n) is 9.45. The quantitative estimate of drug-likeness (QED) is 0.568. The topological polar surface area (TPSA) is 118 Å². The molecule has 0 unspecified atom stereocenters. The molecule has 2 N–H and O–H groups in total. The van der Waals surface area contributed by atoms with Crippen molar-refractivity contribution in [2.75, 3.05) is 25.0 Å². The van der Waals surface area contributed by atoms with Crippen LogP contribution in [-0.2, 0) is 4.79 Å². The second-order valence-electron chi connectivity index (χ2n) is 7.26. The molecule has 1 saturated heterocycles. The third kappa shape index (κ3) is 5.20. The fraction of sp³-hybridized carbons (Fsp3) is 0.400. The van der Waals surface area contributed by atoms with Crippen LogP contribution in [0.15, 0.2) is 34.9 Å². The minimum atomic E-state index is -0.464. The van der Waals surface area contributed by atoms with Crippen molar-refractivity contribution < 1.29 is 18.9 Å². The molecule has 0 bridgehead atoms. The van der Waals surface area contributed by atoms with Gasteiger partial charge in [-0.05, 0) is 38.8 Å². The third-order valence-corrected chi connectivity index (χ3v) is 5.05. The lowest BCUT2D eigenvalue weighted by Gasteiger charge is -2.31. The molecular formula is C20H24N4O5. The number of amides is 2. The zero-order chi connectivity index (χ0) is 21.0. The largest absolute Gasteiger partial charge is 0.459 e. The second kappa shape index (κ2) is 8.87. The Balaban J connectivity index is 1.46. The van der Waals surface area contributed by atoms with Crippen LogP contribution in [0.4, 0.5) is 11.4 Å². The molecule has 0 atom stereocenters. The molecule has 0 radical (unpaired) electrons. The van der Waals surface area contributed by atoms with Crippen molar-refractivity contribution in [3.63, 3.8) is 0 Å². The zero-order valence-corrected chi connectivity index (χ0v) is 16.4. The molecule has 9 nitrogen and oxygen atoms in total. The number of piperidine rings is 1. The maximum absolute atomic E-state index is 12.3. The molecular weight excluding hydrogens is 376 g/mol. The summed E-state index contributed by atoms with van der Waals surface area (Å²) in [7, 11) is 0. The molecule has 0 saturated carbocycles. The average Bonchev–Trinajstić information content (AvgIpc) is 3.10. The lowest BCUT2D eigenvalue weighted by molar-refractivity contribution is -0.385. The molecule has 2 heterocycles. The van der Waals surface area contributed by atoms with Crippen molar-refractivity contribution in [2.45, 2.75) is 32.7 Å². The fourth-order valence-corrected chi connectivity index (χ4v) is 3.38. The third-order valence-electron chi connectivity index (χ3n) is 5.05. The highest BCUT2D eigenvalue weighted by molar-refractivity contribution is 5.93. The van der Waals surface area contributed by atoms with Crippen LogP contribution >= 0.6 is 0 Å². The van der Waals surface area contributed by atoms with E-state index in [1.54, 1.807) is 25.1 Å². The molecule has 1 aromatic carbocycles. The van der Waals surface area contributed by atoms with E-state index in [2.05, 4.69) is 10.6 Å². The van der Waals surface area contributed by atoms with Gasteiger partial charge in [-0.1, -0.05) is 6.07 Å². The normalized spacial score (nSPS) is 15.1. The SMILES string of the molecule is Cc1ccc(NC(=O)CN2CCC(NC(=O)c3occc3C)CC2)cc1[N+](=O)[O-]. The second-order valence-corrected chi connectivity index (χ2v) is 7.26. The van der Waals surface area contributed by atoms with E-state index >= 15 is 0 Å². The molecule has 1 fully saturated rings. The number of likely N-dealkylation sites (tertiary alicyclic amines) is 1. The van der Waals surface area contributed by atoms with Gasteiger partial charge in [0.25, 0.3) is 11.6 Å². The molecule has 0 spiro atoms. The number of nitro benzene ring substituents is 1. The molecule has 1 aromatic heterocycles. The molecule has 2 aromatic rings. The van der Waals surface area contributed by atoms with E-state index in [-0.39, 0.29) is 30.1 Å². The number of carbonyl (C=O) groups is 2. The molecule has 1 aliphatic heterocycles. The van der Waals surface area contributed by atoms with Crippen LogP contribution < -0.4 is 10.6 Å². The molecule has 2 amide bonds. The lowest BCUT2D eigenvalue weighted by Crippen LogP contribution is -2.46. The number of hydrogen-bond donors (Lipinski definition) is 2. The average molecular weight is 400 g/mol. The number of rotatable bonds is 6. The highest BCUT2D eigenvalue weighted by Crippen LogP contribution is 2.22. The zero-order valence-electron chi connectivity index (χ0n) is 16.4. The van der Waals surface area contributed by atoms with E-state index in [4.69, 9.17) is 4.42 Å². The van der Waals surface area contributed by atoms with Crippen molar-refractivity contribution in [2.24, 2.45) is 0 Å². The smallest absolute Gasteiger partial charge is 0.287 e. The summed E-state index contributed by atoms with van der Waals surface area (Å²) in [5.41, 5.74) is 1.73. The summed E-state index contributed by atoms with van der Waals surface area (Å²) in [5.74, 6) is -0.111. The summed E-state index contributed by atoms with van der Waals surface area (Å²) in [5, 5.41) is 16.7. The monoisotopic (exact) mass is 400 g/mol. The number of carbonyl (C=O) groups excluding carboxylic acids is 2. The van der Waals surface area contributed by atoms with Crippen LogP contribution in [0.3, 0.4) is 0 Å². The summed E-state index contributed by atoms with van der Waals surface area (Å²) in [4.78, 5) is 37.1. The maximum atomic E-state index is 12.3. The Hall–Kier alpha value is -3.20. The van der Waals surface area contributed by atoms with Crippen LogP contribution in [0, 0.1) is 24.0 Å². The van der Waals surface area contributed by atoms with Crippen molar-refractivity contribution in [1.29, 1.82) is 0 Å². The Morgan fingerprint density at radius 1 is 1.21 bits per heavy atom. The molecule has 0 aliphatic carbocycles. The summed E-state index contributed by atoms with van der Waals surface area (Å²) in [6, 6.07) is 6.41. The highest BCUT2D eigenvalue weighted by atomic mass is 16.6. The Kier molecular flexibility index (Phi) is 6.28. The summed E-state index contributed by atoms with van der Waals surface area (Å²) < 4.78 is 5.21. The van der Waals surface area contributed by atoms with Gasteiger partial charge in [0, 0.05) is 42.0 Å². The van der Waals surface area contributed by atoms with Crippen molar-refractivity contribution in [1.82, 2.24) is 10.2 Å². The van der Waals surface area contributed by atoms with Gasteiger partial charge in [0.05, 0.1) is 17.7 Å². The first-order valence-corrected chi connectivity index (χ1v) is 9.45. The number of nitrogens with one attached hydrogen (secondary N) is 2. The van der Waals surface area contributed by atoms with Crippen LogP contribution in [0.5, 0.6) is 0 Å². The number of anilines is 1. The Morgan fingerprint density at radius 3 is 2.55 bits per heavy atom. The van der Waals surface area contributed by atoms with Gasteiger partial charge < -0.3 is 15.1 Å². The summed E-state index contributed by atoms with van der Waals surface area (Å²) in [6.45, 7) is 5.01. The lowest BCUT2D eigenvalue weighted by atomic mass is 10.0. The highest BCUT2D eigenvalue weighted by Gasteiger charge is 2.24. The number of furan rings is 1. The van der Waals surface area contributed by atoms with Gasteiger partial charge in [0.15, 0.2) is 5.76 Å². The molecule has 29 heavy (non-hydrogen) atoms. The van der Waals surface area contributed by atoms with Crippen LogP contribution in [-0.4, -0.2) is 47.3 Å². The van der Waals surface area contributed by atoms with Crippen LogP contribution in [0.1, 0.15) is 34.5 Å². The van der Waals surface area contributed by atoms with Crippen molar-refractivity contribution in [3.05, 3.63) is 57.5 Å². The van der Waals surface area contributed by atoms with Gasteiger partial charge >= 0.3 is 0 Å². The van der Waals surface area contributed by atoms with E-state index in [1.165, 1.54) is 12.3 Å². The van der Waals surface area contributed by atoms with Gasteiger partial charge in [-0.15, -0.1) is 0 Å². The standard InChI is InChI=1S/C20H24N4O5/c1-13-3-4-16(11-17(13)24(27)28)21-18(25)12-23-8-5-15(6-9-23)22-20(26)19-14(2)7-10-29-19/h3-4,7,10-11,15H,5-6,8-9,12H2,1-2H3,(H,21,25)(H,22,26). The van der Waals surface area contributed by atoms with Gasteiger partial charge in [0.2, 0.25) is 5.91 Å². The van der Waals surface area contributed by atoms with Gasteiger partial charge in [0.1, 0.15) is 0 Å². The van der Waals surface area contributed by atoms with E-state index in [0.29, 0.717) is 30.1 Å². The minimum absolute atomic E-state index is 0.0221. The maximum Gasteiger partial charge on any atom is 0.287 e. The predicted octanol–water partition coefficient (Wildman–Crippen LogP) is 2.64. The molecule has 1 aliphatic rings. The molecule has 154 valence electrons. The van der Waals surface area contributed by atoms with Crippen molar-refractivity contribution >= 4 is 23.2 Å². The number of nitrogens with zero attached hydrogens (tertiary/aromatic N) is 2. The summed E-state index contributed by atoms with van der Waals surface area (Å²) in [6.07, 6.45) is 2.96. The van der Waals surface area contributed by atoms with E-state index < -0.39 is 4.92 Å². The molecule has 3 rings (SSSR count). The predicted molar refractivity (Wildman–Crippen MR) is 107 cm³/mol. The first kappa shape index (κ1) is 20.5. The number of nitro groups is 1. The van der Waals surface area contributed by atoms with Crippen LogP contribution in [0.25, 0.3) is 0 Å². The van der Waals surface area contributed by atoms with E-state index in [1.807, 2.05) is 11.8 Å². The molecule has 9 heteroatoms. The van der Waals surface area contributed by atoms with Gasteiger partial charge in [-0.2, -0.15) is 0 Å². The Bertz CT molecular complexity index is 915. The number of aryl methyl sites for hydroxylation is 2. The van der Waals surface area contributed by atoms with Gasteiger partial charge in [-0.25, -0.2) is 0 Å². The number of benzene rings is 1. The first-order chi connectivity index (χ1) is 13.8. The van der Waals surface area contributed by atoms with Gasteiger partial charge in [-0.3, -0.25) is 24.6 Å². The minimum Gasteiger partial charge on any atom is -0.459 e. The fourth-order valence-electron chi connectivity index (χ4n) is 3.38. The van der Waals surface area contributed by atoms with E-state index in [0.717, 1.165) is 18.4 Å². The van der Waals surface area contributed by atoms with Crippen molar-refractivity contribution in [3.8, 4) is 0 Å².